The minimum absolute atomic E-state index is 0. The molecule has 3 heterocycles. The molecule has 1 atom stereocenters. The normalized spacial score (nSPS) is 21.5. The number of fused-ring (bicyclic) bond motifs is 1. The Labute approximate surface area is 157 Å². The van der Waals surface area contributed by atoms with Crippen LogP contribution in [0.2, 0.25) is 0 Å². The zero-order valence-corrected chi connectivity index (χ0v) is 15.5. The van der Waals surface area contributed by atoms with Crippen LogP contribution in [0.25, 0.3) is 11.0 Å². The molecular formula is C18H23ClN4O3. The minimum atomic E-state index is -0.626. The van der Waals surface area contributed by atoms with Gasteiger partial charge in [0.25, 0.3) is 0 Å². The van der Waals surface area contributed by atoms with E-state index in [0.29, 0.717) is 12.3 Å². The standard InChI is InChI=1S/C18H22N4O3.ClH/c1-21-15-10-12(11-6-8-19-9-7-11)2-3-13(15)22(18(21)25)14-4-5-16(23)20-17(14)24;/h2-3,10-11,14,19H,4-9H2,1H3,(H,20,23,24);1H. The maximum Gasteiger partial charge on any atom is 0.329 e. The molecule has 0 aliphatic carbocycles. The Morgan fingerprint density at radius 1 is 1.04 bits per heavy atom. The molecule has 0 spiro atoms. The number of aromatic nitrogens is 2. The summed E-state index contributed by atoms with van der Waals surface area (Å²) in [6.45, 7) is 2.03. The number of imidazole rings is 1. The number of piperidine rings is 2. The molecule has 2 aromatic rings. The quantitative estimate of drug-likeness (QED) is 0.769. The lowest BCUT2D eigenvalue weighted by Crippen LogP contribution is -2.44. The van der Waals surface area contributed by atoms with Gasteiger partial charge >= 0.3 is 5.69 Å². The van der Waals surface area contributed by atoms with Crippen LogP contribution in [0, 0.1) is 0 Å². The SMILES string of the molecule is Cl.Cn1c(=O)n(C2CCC(=O)NC2=O)c2ccc(C3CCNCC3)cc21. The Hall–Kier alpha value is -2.12. The van der Waals surface area contributed by atoms with Gasteiger partial charge in [0.2, 0.25) is 11.8 Å². The highest BCUT2D eigenvalue weighted by atomic mass is 35.5. The van der Waals surface area contributed by atoms with Crippen molar-refractivity contribution in [3.8, 4) is 0 Å². The van der Waals surface area contributed by atoms with Crippen LogP contribution >= 0.6 is 12.4 Å². The highest BCUT2D eigenvalue weighted by Gasteiger charge is 2.31. The number of hydrogen-bond donors (Lipinski definition) is 2. The van der Waals surface area contributed by atoms with Crippen LogP contribution in [0.1, 0.15) is 43.2 Å². The largest absolute Gasteiger partial charge is 0.329 e. The second kappa shape index (κ2) is 7.25. The van der Waals surface area contributed by atoms with E-state index in [-0.39, 0.29) is 30.4 Å². The van der Waals surface area contributed by atoms with Crippen molar-refractivity contribution >= 4 is 35.3 Å². The predicted octanol–water partition coefficient (Wildman–Crippen LogP) is 1.21. The number of hydrogen-bond acceptors (Lipinski definition) is 4. The summed E-state index contributed by atoms with van der Waals surface area (Å²) in [5.41, 5.74) is 2.61. The summed E-state index contributed by atoms with van der Waals surface area (Å²) < 4.78 is 3.13. The second-order valence-corrected chi connectivity index (χ2v) is 6.95. The zero-order chi connectivity index (χ0) is 17.6. The molecule has 2 aliphatic heterocycles. The summed E-state index contributed by atoms with van der Waals surface area (Å²) in [4.78, 5) is 36.4. The molecule has 2 N–H and O–H groups in total. The van der Waals surface area contributed by atoms with E-state index in [1.165, 1.54) is 10.1 Å². The first kappa shape index (κ1) is 18.7. The number of nitrogens with one attached hydrogen (secondary N) is 2. The summed E-state index contributed by atoms with van der Waals surface area (Å²) in [7, 11) is 1.74. The van der Waals surface area contributed by atoms with E-state index < -0.39 is 11.9 Å². The van der Waals surface area contributed by atoms with Gasteiger partial charge in [0, 0.05) is 13.5 Å². The molecule has 1 unspecified atom stereocenters. The van der Waals surface area contributed by atoms with Gasteiger partial charge in [0.1, 0.15) is 6.04 Å². The first-order chi connectivity index (χ1) is 12.1. The van der Waals surface area contributed by atoms with Gasteiger partial charge in [-0.25, -0.2) is 4.79 Å². The van der Waals surface area contributed by atoms with E-state index >= 15 is 0 Å². The summed E-state index contributed by atoms with van der Waals surface area (Å²) in [6.07, 6.45) is 2.80. The van der Waals surface area contributed by atoms with Crippen molar-refractivity contribution in [1.82, 2.24) is 19.8 Å². The first-order valence-electron chi connectivity index (χ1n) is 8.81. The summed E-state index contributed by atoms with van der Waals surface area (Å²) in [6, 6.07) is 5.46. The van der Waals surface area contributed by atoms with E-state index in [9.17, 15) is 14.4 Å². The molecule has 0 radical (unpaired) electrons. The molecule has 2 saturated heterocycles. The molecule has 2 amide bonds. The average molecular weight is 379 g/mol. The molecule has 2 fully saturated rings. The number of imide groups is 1. The van der Waals surface area contributed by atoms with Crippen molar-refractivity contribution in [2.24, 2.45) is 7.05 Å². The predicted molar refractivity (Wildman–Crippen MR) is 101 cm³/mol. The van der Waals surface area contributed by atoms with E-state index in [1.54, 1.807) is 11.6 Å². The highest BCUT2D eigenvalue weighted by molar-refractivity contribution is 6.00. The van der Waals surface area contributed by atoms with Crippen LogP contribution in [0.4, 0.5) is 0 Å². The number of carbonyl (C=O) groups excluding carboxylic acids is 2. The van der Waals surface area contributed by atoms with Crippen molar-refractivity contribution in [2.45, 2.75) is 37.6 Å². The van der Waals surface area contributed by atoms with Crippen LogP contribution < -0.4 is 16.3 Å². The van der Waals surface area contributed by atoms with Crippen LogP contribution in [-0.4, -0.2) is 34.0 Å². The van der Waals surface area contributed by atoms with Gasteiger partial charge in [-0.05, 0) is 56.0 Å². The second-order valence-electron chi connectivity index (χ2n) is 6.95. The molecule has 7 nitrogen and oxygen atoms in total. The van der Waals surface area contributed by atoms with Gasteiger partial charge < -0.3 is 5.32 Å². The molecule has 0 bridgehead atoms. The van der Waals surface area contributed by atoms with Gasteiger partial charge in [-0.3, -0.25) is 24.0 Å². The Morgan fingerprint density at radius 2 is 1.77 bits per heavy atom. The van der Waals surface area contributed by atoms with Gasteiger partial charge in [0.15, 0.2) is 0 Å². The topological polar surface area (TPSA) is 85.1 Å². The third-order valence-electron chi connectivity index (χ3n) is 5.45. The van der Waals surface area contributed by atoms with Crippen LogP contribution in [-0.2, 0) is 16.6 Å². The number of rotatable bonds is 2. The molecule has 140 valence electrons. The van der Waals surface area contributed by atoms with E-state index in [1.807, 2.05) is 6.07 Å². The van der Waals surface area contributed by atoms with E-state index in [2.05, 4.69) is 22.8 Å². The number of carbonyl (C=O) groups is 2. The van der Waals surface area contributed by atoms with Crippen molar-refractivity contribution in [2.75, 3.05) is 13.1 Å². The molecular weight excluding hydrogens is 356 g/mol. The van der Waals surface area contributed by atoms with Crippen molar-refractivity contribution in [3.63, 3.8) is 0 Å². The van der Waals surface area contributed by atoms with Gasteiger partial charge in [-0.1, -0.05) is 6.07 Å². The Morgan fingerprint density at radius 3 is 2.46 bits per heavy atom. The number of benzene rings is 1. The summed E-state index contributed by atoms with van der Waals surface area (Å²) in [5.74, 6) is -0.171. The third kappa shape index (κ3) is 3.05. The van der Waals surface area contributed by atoms with Gasteiger partial charge in [0.05, 0.1) is 11.0 Å². The summed E-state index contributed by atoms with van der Waals surface area (Å²) in [5, 5.41) is 5.70. The monoisotopic (exact) mass is 378 g/mol. The average Bonchev–Trinajstić information content (AvgIpc) is 2.87. The third-order valence-corrected chi connectivity index (χ3v) is 5.45. The fourth-order valence-electron chi connectivity index (χ4n) is 4.02. The smallest absolute Gasteiger partial charge is 0.317 e. The highest BCUT2D eigenvalue weighted by Crippen LogP contribution is 2.29. The number of amides is 2. The lowest BCUT2D eigenvalue weighted by molar-refractivity contribution is -0.135. The first-order valence-corrected chi connectivity index (χ1v) is 8.81. The Balaban J connectivity index is 0.00000196. The summed E-state index contributed by atoms with van der Waals surface area (Å²) >= 11 is 0. The van der Waals surface area contributed by atoms with Gasteiger partial charge in [-0.15, -0.1) is 12.4 Å². The van der Waals surface area contributed by atoms with Crippen LogP contribution in [0.15, 0.2) is 23.0 Å². The number of nitrogens with zero attached hydrogens (tertiary/aromatic N) is 2. The van der Waals surface area contributed by atoms with Crippen LogP contribution in [0.3, 0.4) is 0 Å². The maximum atomic E-state index is 12.8. The van der Waals surface area contributed by atoms with E-state index in [0.717, 1.165) is 37.0 Å². The Bertz CT molecular complexity index is 911. The van der Waals surface area contributed by atoms with Crippen LogP contribution in [0.5, 0.6) is 0 Å². The lowest BCUT2D eigenvalue weighted by Gasteiger charge is -2.23. The molecule has 2 aliphatic rings. The minimum Gasteiger partial charge on any atom is -0.317 e. The van der Waals surface area contributed by atoms with Crippen molar-refractivity contribution < 1.29 is 9.59 Å². The molecule has 8 heteroatoms. The molecule has 1 aromatic heterocycles. The van der Waals surface area contributed by atoms with Crippen molar-refractivity contribution in [1.29, 1.82) is 0 Å². The molecule has 26 heavy (non-hydrogen) atoms. The fourth-order valence-corrected chi connectivity index (χ4v) is 4.02. The molecule has 0 saturated carbocycles. The maximum absolute atomic E-state index is 12.8. The number of aryl methyl sites for hydroxylation is 1. The fraction of sp³-hybridized carbons (Fsp3) is 0.500. The van der Waals surface area contributed by atoms with Gasteiger partial charge in [-0.2, -0.15) is 0 Å². The zero-order valence-electron chi connectivity index (χ0n) is 14.7. The molecule has 1 aromatic carbocycles. The Kier molecular flexibility index (Phi) is 5.20. The molecule has 4 rings (SSSR count). The van der Waals surface area contributed by atoms with E-state index in [4.69, 9.17) is 0 Å². The van der Waals surface area contributed by atoms with Crippen molar-refractivity contribution in [3.05, 3.63) is 34.2 Å². The lowest BCUT2D eigenvalue weighted by atomic mass is 9.90. The number of halogens is 1.